The summed E-state index contributed by atoms with van der Waals surface area (Å²) < 4.78 is 0. The Kier molecular flexibility index (Phi) is 2.55. The van der Waals surface area contributed by atoms with Crippen LogP contribution in [0.25, 0.3) is 0 Å². The van der Waals surface area contributed by atoms with E-state index in [1.54, 1.807) is 6.92 Å². The molecule has 0 fully saturated rings. The zero-order valence-corrected chi connectivity index (χ0v) is 8.01. The van der Waals surface area contributed by atoms with Crippen LogP contribution in [0, 0.1) is 12.8 Å². The van der Waals surface area contributed by atoms with E-state index < -0.39 is 0 Å². The number of aromatic amines is 1. The van der Waals surface area contributed by atoms with Gasteiger partial charge in [-0.15, -0.1) is 0 Å². The van der Waals surface area contributed by atoms with Crippen LogP contribution in [0.4, 0.5) is 11.5 Å². The fraction of sp³-hybridized carbons (Fsp3) is 0.500. The molecule has 5 heteroatoms. The van der Waals surface area contributed by atoms with Crippen molar-refractivity contribution in [1.82, 2.24) is 10.2 Å². The van der Waals surface area contributed by atoms with Gasteiger partial charge >= 0.3 is 0 Å². The molecule has 1 aromatic heterocycles. The Balaban J connectivity index is 2.75. The minimum atomic E-state index is -0.0850. The molecule has 1 heterocycles. The van der Waals surface area contributed by atoms with E-state index in [1.165, 1.54) is 0 Å². The van der Waals surface area contributed by atoms with Crippen molar-refractivity contribution in [1.29, 1.82) is 0 Å². The summed E-state index contributed by atoms with van der Waals surface area (Å²) in [5, 5.41) is 9.17. The second-order valence-electron chi connectivity index (χ2n) is 3.25. The molecule has 5 nitrogen and oxygen atoms in total. The maximum atomic E-state index is 11.3. The van der Waals surface area contributed by atoms with Crippen LogP contribution in [0.15, 0.2) is 0 Å². The molecule has 0 aliphatic heterocycles. The monoisotopic (exact) mass is 182 g/mol. The summed E-state index contributed by atoms with van der Waals surface area (Å²) in [6, 6.07) is 0. The molecule has 0 spiro atoms. The van der Waals surface area contributed by atoms with Gasteiger partial charge in [-0.25, -0.2) is 0 Å². The highest BCUT2D eigenvalue weighted by atomic mass is 16.1. The Hall–Kier alpha value is -1.52. The summed E-state index contributed by atoms with van der Waals surface area (Å²) in [6.45, 7) is 5.42. The van der Waals surface area contributed by atoms with Crippen molar-refractivity contribution in [3.8, 4) is 0 Å². The molecule has 4 N–H and O–H groups in total. The first-order chi connectivity index (χ1) is 6.02. The number of nitrogens with zero attached hydrogens (tertiary/aromatic N) is 1. The van der Waals surface area contributed by atoms with E-state index >= 15 is 0 Å². The zero-order chi connectivity index (χ0) is 10.0. The molecule has 0 aromatic carbocycles. The van der Waals surface area contributed by atoms with Crippen LogP contribution in [0.1, 0.15) is 19.5 Å². The van der Waals surface area contributed by atoms with Gasteiger partial charge in [-0.3, -0.25) is 9.89 Å². The van der Waals surface area contributed by atoms with E-state index in [1.807, 2.05) is 13.8 Å². The van der Waals surface area contributed by atoms with Crippen LogP contribution < -0.4 is 11.1 Å². The molecule has 0 bridgehead atoms. The van der Waals surface area contributed by atoms with Crippen LogP contribution >= 0.6 is 0 Å². The highest BCUT2D eigenvalue weighted by Gasteiger charge is 2.12. The molecule has 1 aromatic rings. The standard InChI is InChI=1S/C8H14N4O/c1-4(2)8(13)10-7-6(9)5(3)11-12-7/h4H,9H2,1-3H3,(H2,10,11,12,13). The van der Waals surface area contributed by atoms with Crippen LogP contribution in [0.2, 0.25) is 0 Å². The highest BCUT2D eigenvalue weighted by molar-refractivity contribution is 5.93. The number of anilines is 2. The van der Waals surface area contributed by atoms with E-state index in [9.17, 15) is 4.79 Å². The average Bonchev–Trinajstić information content (AvgIpc) is 2.36. The Morgan fingerprint density at radius 3 is 2.62 bits per heavy atom. The predicted molar refractivity (Wildman–Crippen MR) is 51.2 cm³/mol. The van der Waals surface area contributed by atoms with Crippen molar-refractivity contribution in [3.63, 3.8) is 0 Å². The fourth-order valence-corrected chi connectivity index (χ4v) is 0.794. The average molecular weight is 182 g/mol. The first kappa shape index (κ1) is 9.57. The minimum absolute atomic E-state index is 0.0728. The van der Waals surface area contributed by atoms with Crippen molar-refractivity contribution in [2.24, 2.45) is 5.92 Å². The van der Waals surface area contributed by atoms with Crippen LogP contribution in [-0.2, 0) is 4.79 Å². The lowest BCUT2D eigenvalue weighted by Gasteiger charge is -2.04. The van der Waals surface area contributed by atoms with Gasteiger partial charge in [0.15, 0.2) is 5.82 Å². The van der Waals surface area contributed by atoms with Gasteiger partial charge < -0.3 is 11.1 Å². The van der Waals surface area contributed by atoms with Gasteiger partial charge in [0.25, 0.3) is 0 Å². The molecule has 0 unspecified atom stereocenters. The number of nitrogen functional groups attached to an aromatic ring is 1. The summed E-state index contributed by atoms with van der Waals surface area (Å²) in [5.74, 6) is 0.255. The topological polar surface area (TPSA) is 83.8 Å². The molecule has 72 valence electrons. The second-order valence-corrected chi connectivity index (χ2v) is 3.25. The zero-order valence-electron chi connectivity index (χ0n) is 8.01. The molecular weight excluding hydrogens is 168 g/mol. The van der Waals surface area contributed by atoms with E-state index in [0.29, 0.717) is 11.5 Å². The highest BCUT2D eigenvalue weighted by Crippen LogP contribution is 2.18. The summed E-state index contributed by atoms with van der Waals surface area (Å²) in [6.07, 6.45) is 0. The molecular formula is C8H14N4O. The third kappa shape index (κ3) is 1.99. The molecule has 0 saturated heterocycles. The van der Waals surface area contributed by atoms with E-state index in [0.717, 1.165) is 5.69 Å². The molecule has 1 amide bonds. The molecule has 0 aliphatic carbocycles. The van der Waals surface area contributed by atoms with Gasteiger partial charge in [-0.1, -0.05) is 13.8 Å². The molecule has 13 heavy (non-hydrogen) atoms. The van der Waals surface area contributed by atoms with E-state index in [4.69, 9.17) is 5.73 Å². The number of nitrogens with two attached hydrogens (primary N) is 1. The summed E-state index contributed by atoms with van der Waals surface area (Å²) in [5.41, 5.74) is 6.90. The lowest BCUT2D eigenvalue weighted by atomic mass is 10.2. The Bertz CT molecular complexity index is 316. The minimum Gasteiger partial charge on any atom is -0.394 e. The Labute approximate surface area is 76.7 Å². The lowest BCUT2D eigenvalue weighted by Crippen LogP contribution is -2.18. The molecule has 0 aliphatic rings. The summed E-state index contributed by atoms with van der Waals surface area (Å²) in [7, 11) is 0. The first-order valence-corrected chi connectivity index (χ1v) is 4.13. The number of rotatable bonds is 2. The van der Waals surface area contributed by atoms with Gasteiger partial charge in [-0.05, 0) is 6.92 Å². The van der Waals surface area contributed by atoms with Crippen molar-refractivity contribution in [3.05, 3.63) is 5.69 Å². The fourth-order valence-electron chi connectivity index (χ4n) is 0.794. The van der Waals surface area contributed by atoms with Crippen LogP contribution in [0.5, 0.6) is 0 Å². The molecule has 0 radical (unpaired) electrons. The molecule has 1 rings (SSSR count). The summed E-state index contributed by atoms with van der Waals surface area (Å²) >= 11 is 0. The predicted octanol–water partition coefficient (Wildman–Crippen LogP) is 0.895. The van der Waals surface area contributed by atoms with Crippen molar-refractivity contribution in [2.75, 3.05) is 11.1 Å². The SMILES string of the molecule is Cc1[nH]nc(NC(=O)C(C)C)c1N. The number of aryl methyl sites for hydroxylation is 1. The van der Waals surface area contributed by atoms with Crippen LogP contribution in [0.3, 0.4) is 0 Å². The van der Waals surface area contributed by atoms with Gasteiger partial charge in [-0.2, -0.15) is 5.10 Å². The number of hydrogen-bond donors (Lipinski definition) is 3. The number of nitrogens with one attached hydrogen (secondary N) is 2. The second kappa shape index (κ2) is 3.47. The molecule has 0 saturated carbocycles. The van der Waals surface area contributed by atoms with Gasteiger partial charge in [0.05, 0.1) is 11.4 Å². The number of H-pyrrole nitrogens is 1. The largest absolute Gasteiger partial charge is 0.394 e. The normalized spacial score (nSPS) is 10.5. The number of aromatic nitrogens is 2. The first-order valence-electron chi connectivity index (χ1n) is 4.13. The number of carbonyl (C=O) groups is 1. The summed E-state index contributed by atoms with van der Waals surface area (Å²) in [4.78, 5) is 11.3. The third-order valence-corrected chi connectivity index (χ3v) is 1.76. The smallest absolute Gasteiger partial charge is 0.228 e. The maximum absolute atomic E-state index is 11.3. The number of amides is 1. The quantitative estimate of drug-likeness (QED) is 0.635. The maximum Gasteiger partial charge on any atom is 0.228 e. The van der Waals surface area contributed by atoms with Crippen molar-refractivity contribution < 1.29 is 4.79 Å². The lowest BCUT2D eigenvalue weighted by molar-refractivity contribution is -0.118. The van der Waals surface area contributed by atoms with Crippen molar-refractivity contribution in [2.45, 2.75) is 20.8 Å². The third-order valence-electron chi connectivity index (χ3n) is 1.76. The van der Waals surface area contributed by atoms with Gasteiger partial charge in [0.2, 0.25) is 5.91 Å². The Morgan fingerprint density at radius 2 is 2.23 bits per heavy atom. The van der Waals surface area contributed by atoms with Crippen molar-refractivity contribution >= 4 is 17.4 Å². The Morgan fingerprint density at radius 1 is 1.62 bits per heavy atom. The van der Waals surface area contributed by atoms with Gasteiger partial charge in [0.1, 0.15) is 0 Å². The van der Waals surface area contributed by atoms with E-state index in [-0.39, 0.29) is 11.8 Å². The number of hydrogen-bond acceptors (Lipinski definition) is 3. The van der Waals surface area contributed by atoms with E-state index in [2.05, 4.69) is 15.5 Å². The number of carbonyl (C=O) groups excluding carboxylic acids is 1. The molecule has 0 atom stereocenters. The van der Waals surface area contributed by atoms with Gasteiger partial charge in [0, 0.05) is 5.92 Å². The van der Waals surface area contributed by atoms with Crippen LogP contribution in [-0.4, -0.2) is 16.1 Å².